The lowest BCUT2D eigenvalue weighted by Crippen LogP contribution is -2.53. The van der Waals surface area contributed by atoms with E-state index in [1.165, 1.54) is 7.11 Å². The van der Waals surface area contributed by atoms with E-state index >= 15 is 0 Å². The fourth-order valence-electron chi connectivity index (χ4n) is 2.48. The molecule has 0 amide bonds. The topological polar surface area (TPSA) is 43.4 Å². The first-order valence-electron chi connectivity index (χ1n) is 5.23. The van der Waals surface area contributed by atoms with Crippen LogP contribution in [0.5, 0.6) is 0 Å². The van der Waals surface area contributed by atoms with E-state index < -0.39 is 5.41 Å². The van der Waals surface area contributed by atoms with E-state index in [0.29, 0.717) is 6.42 Å². The summed E-state index contributed by atoms with van der Waals surface area (Å²) in [6, 6.07) is 0. The summed E-state index contributed by atoms with van der Waals surface area (Å²) in [6.45, 7) is 4.01. The molecule has 3 nitrogen and oxygen atoms in total. The third-order valence-corrected chi connectivity index (χ3v) is 3.42. The highest BCUT2D eigenvalue weighted by atomic mass is 16.5. The van der Waals surface area contributed by atoms with Crippen molar-refractivity contribution in [2.45, 2.75) is 39.5 Å². The number of carbonyl (C=O) groups is 2. The average molecular weight is 198 g/mol. The Bertz CT molecular complexity index is 245. The second kappa shape index (κ2) is 4.11. The molecule has 14 heavy (non-hydrogen) atoms. The van der Waals surface area contributed by atoms with Crippen molar-refractivity contribution in [3.63, 3.8) is 0 Å². The second-order valence-electron chi connectivity index (χ2n) is 3.96. The minimum atomic E-state index is -0.401. The van der Waals surface area contributed by atoms with Gasteiger partial charge in [0, 0.05) is 11.8 Å². The van der Waals surface area contributed by atoms with Crippen molar-refractivity contribution in [1.82, 2.24) is 0 Å². The van der Waals surface area contributed by atoms with Crippen LogP contribution >= 0.6 is 0 Å². The summed E-state index contributed by atoms with van der Waals surface area (Å²) < 4.78 is 4.71. The molecule has 0 radical (unpaired) electrons. The molecule has 0 aliphatic heterocycles. The minimum Gasteiger partial charge on any atom is -0.469 e. The predicted molar refractivity (Wildman–Crippen MR) is 52.8 cm³/mol. The van der Waals surface area contributed by atoms with E-state index in [0.717, 1.165) is 19.3 Å². The molecule has 1 rings (SSSR count). The molecular weight excluding hydrogens is 180 g/mol. The molecule has 0 spiro atoms. The highest BCUT2D eigenvalue weighted by molar-refractivity contribution is 5.99. The largest absolute Gasteiger partial charge is 0.469 e. The number of Topliss-reactive ketones (excluding diaryl/α,β-unsaturated/α-hetero) is 1. The van der Waals surface area contributed by atoms with Crippen LogP contribution in [0.3, 0.4) is 0 Å². The first-order chi connectivity index (χ1) is 6.62. The van der Waals surface area contributed by atoms with Gasteiger partial charge in [0.05, 0.1) is 13.0 Å². The molecule has 2 atom stereocenters. The van der Waals surface area contributed by atoms with Crippen LogP contribution in [0.2, 0.25) is 0 Å². The van der Waals surface area contributed by atoms with Crippen molar-refractivity contribution >= 4 is 11.8 Å². The number of ketones is 1. The Morgan fingerprint density at radius 3 is 2.57 bits per heavy atom. The van der Waals surface area contributed by atoms with Crippen molar-refractivity contribution in [2.75, 3.05) is 7.11 Å². The fraction of sp³-hybridized carbons (Fsp3) is 0.818. The van der Waals surface area contributed by atoms with Crippen LogP contribution in [-0.4, -0.2) is 18.9 Å². The number of methoxy groups -OCH3 is 1. The molecule has 0 aromatic heterocycles. The summed E-state index contributed by atoms with van der Waals surface area (Å²) in [5, 5.41) is 0. The van der Waals surface area contributed by atoms with Gasteiger partial charge in [-0.2, -0.15) is 0 Å². The maximum absolute atomic E-state index is 11.6. The van der Waals surface area contributed by atoms with Gasteiger partial charge in [0.1, 0.15) is 5.78 Å². The van der Waals surface area contributed by atoms with E-state index in [1.54, 1.807) is 0 Å². The molecule has 1 fully saturated rings. The Morgan fingerprint density at radius 1 is 1.57 bits per heavy atom. The first-order valence-corrected chi connectivity index (χ1v) is 5.23. The smallest absolute Gasteiger partial charge is 0.310 e. The maximum atomic E-state index is 11.6. The number of hydrogen-bond acceptors (Lipinski definition) is 3. The average Bonchev–Trinajstić information content (AvgIpc) is 2.21. The molecule has 3 heteroatoms. The van der Waals surface area contributed by atoms with Crippen LogP contribution in [0, 0.1) is 11.3 Å². The van der Waals surface area contributed by atoms with Crippen molar-refractivity contribution < 1.29 is 14.3 Å². The summed E-state index contributed by atoms with van der Waals surface area (Å²) in [5.74, 6) is -0.179. The SMILES string of the molecule is CCCC1(CC)C(=O)CC1C(=O)OC. The maximum Gasteiger partial charge on any atom is 0.310 e. The van der Waals surface area contributed by atoms with Gasteiger partial charge in [-0.3, -0.25) is 9.59 Å². The van der Waals surface area contributed by atoms with E-state index in [2.05, 4.69) is 0 Å². The highest BCUT2D eigenvalue weighted by Gasteiger charge is 2.56. The van der Waals surface area contributed by atoms with Gasteiger partial charge in [-0.1, -0.05) is 20.3 Å². The third kappa shape index (κ3) is 1.45. The summed E-state index contributed by atoms with van der Waals surface area (Å²) in [5.41, 5.74) is -0.401. The molecule has 2 unspecified atom stereocenters. The minimum absolute atomic E-state index is 0.190. The zero-order valence-corrected chi connectivity index (χ0v) is 9.13. The molecule has 1 aliphatic carbocycles. The van der Waals surface area contributed by atoms with Gasteiger partial charge < -0.3 is 4.74 Å². The van der Waals surface area contributed by atoms with Crippen LogP contribution in [0.1, 0.15) is 39.5 Å². The van der Waals surface area contributed by atoms with Gasteiger partial charge in [0.2, 0.25) is 0 Å². The number of carbonyl (C=O) groups excluding carboxylic acids is 2. The van der Waals surface area contributed by atoms with Gasteiger partial charge in [-0.25, -0.2) is 0 Å². The van der Waals surface area contributed by atoms with Gasteiger partial charge >= 0.3 is 5.97 Å². The Labute approximate surface area is 84.8 Å². The molecule has 1 aliphatic rings. The van der Waals surface area contributed by atoms with E-state index in [-0.39, 0.29) is 17.7 Å². The Balaban J connectivity index is 2.80. The normalized spacial score (nSPS) is 31.1. The predicted octanol–water partition coefficient (Wildman–Crippen LogP) is 1.94. The number of hydrogen-bond donors (Lipinski definition) is 0. The third-order valence-electron chi connectivity index (χ3n) is 3.42. The van der Waals surface area contributed by atoms with Gasteiger partial charge in [0.15, 0.2) is 0 Å². The summed E-state index contributed by atoms with van der Waals surface area (Å²) >= 11 is 0. The molecular formula is C11H18O3. The lowest BCUT2D eigenvalue weighted by atomic mass is 9.55. The Morgan fingerprint density at radius 2 is 2.21 bits per heavy atom. The zero-order chi connectivity index (χ0) is 10.8. The molecule has 0 aromatic carbocycles. The summed E-state index contributed by atoms with van der Waals surface area (Å²) in [7, 11) is 1.39. The molecule has 0 heterocycles. The molecule has 0 N–H and O–H groups in total. The number of esters is 1. The van der Waals surface area contributed by atoms with Crippen LogP contribution in [-0.2, 0) is 14.3 Å². The van der Waals surface area contributed by atoms with Crippen LogP contribution in [0.15, 0.2) is 0 Å². The monoisotopic (exact) mass is 198 g/mol. The quantitative estimate of drug-likeness (QED) is 0.648. The lowest BCUT2D eigenvalue weighted by molar-refractivity contribution is -0.168. The first kappa shape index (κ1) is 11.2. The zero-order valence-electron chi connectivity index (χ0n) is 9.13. The van der Waals surface area contributed by atoms with Crippen molar-refractivity contribution in [2.24, 2.45) is 11.3 Å². The molecule has 0 saturated heterocycles. The van der Waals surface area contributed by atoms with Crippen molar-refractivity contribution in [1.29, 1.82) is 0 Å². The van der Waals surface area contributed by atoms with Crippen LogP contribution in [0.25, 0.3) is 0 Å². The Hall–Kier alpha value is -0.860. The molecule has 1 saturated carbocycles. The molecule has 0 aromatic rings. The molecule has 80 valence electrons. The standard InChI is InChI=1S/C11H18O3/c1-4-6-11(5-2)8(7-9(11)12)10(13)14-3/h8H,4-7H2,1-3H3. The number of rotatable bonds is 4. The van der Waals surface area contributed by atoms with Crippen LogP contribution < -0.4 is 0 Å². The lowest BCUT2D eigenvalue weighted by Gasteiger charge is -2.45. The van der Waals surface area contributed by atoms with Gasteiger partial charge in [0.25, 0.3) is 0 Å². The van der Waals surface area contributed by atoms with Gasteiger partial charge in [-0.05, 0) is 12.8 Å². The Kier molecular flexibility index (Phi) is 3.29. The second-order valence-corrected chi connectivity index (χ2v) is 3.96. The molecule has 0 bridgehead atoms. The van der Waals surface area contributed by atoms with E-state index in [9.17, 15) is 9.59 Å². The van der Waals surface area contributed by atoms with Crippen molar-refractivity contribution in [3.8, 4) is 0 Å². The summed E-state index contributed by atoms with van der Waals surface area (Å²) in [4.78, 5) is 23.0. The fourth-order valence-corrected chi connectivity index (χ4v) is 2.48. The van der Waals surface area contributed by atoms with E-state index in [1.807, 2.05) is 13.8 Å². The number of ether oxygens (including phenoxy) is 1. The highest BCUT2D eigenvalue weighted by Crippen LogP contribution is 2.49. The van der Waals surface area contributed by atoms with Crippen molar-refractivity contribution in [3.05, 3.63) is 0 Å². The van der Waals surface area contributed by atoms with Gasteiger partial charge in [-0.15, -0.1) is 0 Å². The van der Waals surface area contributed by atoms with Crippen LogP contribution in [0.4, 0.5) is 0 Å². The summed E-state index contributed by atoms with van der Waals surface area (Å²) in [6.07, 6.45) is 2.87. The van der Waals surface area contributed by atoms with E-state index in [4.69, 9.17) is 4.74 Å².